The van der Waals surface area contributed by atoms with Crippen molar-refractivity contribution in [2.24, 2.45) is 0 Å². The Labute approximate surface area is 166 Å². The Morgan fingerprint density at radius 3 is 1.86 bits per heavy atom. The van der Waals surface area contributed by atoms with Crippen molar-refractivity contribution in [2.45, 2.75) is 19.8 Å². The highest BCUT2D eigenvalue weighted by molar-refractivity contribution is 5.98. The first kappa shape index (κ1) is 19.4. The Morgan fingerprint density at radius 2 is 1.32 bits per heavy atom. The minimum absolute atomic E-state index is 0.871. The topological polar surface area (TPSA) is 37.3 Å². The number of carbonyl (C=O) groups is 1. The van der Waals surface area contributed by atoms with Crippen LogP contribution in [0.25, 0.3) is 17.2 Å². The minimum Gasteiger partial charge on any atom is -0.478 e. The maximum atomic E-state index is 10.8. The molecule has 0 aliphatic heterocycles. The molecule has 1 N–H and O–H groups in total. The number of hydrogen-bond donors (Lipinski definition) is 1. The van der Waals surface area contributed by atoms with Gasteiger partial charge < -0.3 is 5.11 Å². The molecule has 0 aliphatic carbocycles. The molecule has 0 fully saturated rings. The predicted octanol–water partition coefficient (Wildman–Crippen LogP) is 6.54. The average molecular weight is 368 g/mol. The van der Waals surface area contributed by atoms with Gasteiger partial charge in [0.2, 0.25) is 0 Å². The van der Waals surface area contributed by atoms with Crippen LogP contribution in [-0.2, 0) is 4.79 Å². The van der Waals surface area contributed by atoms with E-state index in [9.17, 15) is 4.79 Å². The van der Waals surface area contributed by atoms with Crippen molar-refractivity contribution in [2.75, 3.05) is 0 Å². The maximum absolute atomic E-state index is 10.8. The molecule has 0 aromatic heterocycles. The fourth-order valence-electron chi connectivity index (χ4n) is 3.35. The Kier molecular flexibility index (Phi) is 6.59. The summed E-state index contributed by atoms with van der Waals surface area (Å²) in [5, 5.41) is 8.83. The minimum atomic E-state index is -0.941. The molecule has 140 valence electrons. The Balaban J connectivity index is 2.16. The number of benzene rings is 3. The zero-order chi connectivity index (χ0) is 19.8. The molecule has 0 bridgehead atoms. The second-order valence-corrected chi connectivity index (χ2v) is 6.63. The number of rotatable bonds is 7. The first-order valence-electron chi connectivity index (χ1n) is 9.54. The standard InChI is InChI=1S/C26H24O2/c1-2-9-24(21-10-5-3-6-11-21)26(22-12-7-4-8-13-22)23-17-14-20(15-18-23)16-19-25(27)28/h3-8,10-19H,2,9H2,1H3,(H,27,28)/b19-16+,26-24-. The van der Waals surface area contributed by atoms with E-state index >= 15 is 0 Å². The van der Waals surface area contributed by atoms with E-state index in [1.807, 2.05) is 24.3 Å². The lowest BCUT2D eigenvalue weighted by Gasteiger charge is -2.17. The highest BCUT2D eigenvalue weighted by Crippen LogP contribution is 2.35. The van der Waals surface area contributed by atoms with Gasteiger partial charge in [0, 0.05) is 6.08 Å². The van der Waals surface area contributed by atoms with E-state index in [2.05, 4.69) is 67.6 Å². The summed E-state index contributed by atoms with van der Waals surface area (Å²) in [6.07, 6.45) is 4.81. The van der Waals surface area contributed by atoms with Gasteiger partial charge >= 0.3 is 5.97 Å². The van der Waals surface area contributed by atoms with Gasteiger partial charge in [0.05, 0.1) is 0 Å². The summed E-state index contributed by atoms with van der Waals surface area (Å²) in [5.41, 5.74) is 6.97. The van der Waals surface area contributed by atoms with Gasteiger partial charge in [-0.1, -0.05) is 98.3 Å². The summed E-state index contributed by atoms with van der Waals surface area (Å²) in [6, 6.07) is 29.0. The van der Waals surface area contributed by atoms with Crippen molar-refractivity contribution in [3.8, 4) is 0 Å². The van der Waals surface area contributed by atoms with Gasteiger partial charge in [-0.2, -0.15) is 0 Å². The van der Waals surface area contributed by atoms with Crippen LogP contribution in [0.1, 0.15) is 42.0 Å². The molecule has 0 heterocycles. The third-order valence-corrected chi connectivity index (χ3v) is 4.60. The van der Waals surface area contributed by atoms with E-state index in [1.54, 1.807) is 6.08 Å². The van der Waals surface area contributed by atoms with Crippen molar-refractivity contribution in [3.63, 3.8) is 0 Å². The van der Waals surface area contributed by atoms with Gasteiger partial charge in [-0.15, -0.1) is 0 Å². The van der Waals surface area contributed by atoms with Crippen LogP contribution in [0.4, 0.5) is 0 Å². The summed E-state index contributed by atoms with van der Waals surface area (Å²) in [5.74, 6) is -0.941. The quantitative estimate of drug-likeness (QED) is 0.379. The van der Waals surface area contributed by atoms with Crippen LogP contribution in [0.15, 0.2) is 91.0 Å². The molecule has 28 heavy (non-hydrogen) atoms. The van der Waals surface area contributed by atoms with Crippen LogP contribution in [0.2, 0.25) is 0 Å². The number of allylic oxidation sites excluding steroid dienone is 1. The molecule has 2 nitrogen and oxygen atoms in total. The molecule has 3 aromatic rings. The molecule has 2 heteroatoms. The second kappa shape index (κ2) is 9.52. The number of carboxylic acids is 1. The normalized spacial score (nSPS) is 12.0. The van der Waals surface area contributed by atoms with Crippen LogP contribution >= 0.6 is 0 Å². The summed E-state index contributed by atoms with van der Waals surface area (Å²) in [6.45, 7) is 2.20. The third-order valence-electron chi connectivity index (χ3n) is 4.60. The lowest BCUT2D eigenvalue weighted by Crippen LogP contribution is -1.96. The number of hydrogen-bond acceptors (Lipinski definition) is 1. The highest BCUT2D eigenvalue weighted by atomic mass is 16.4. The number of aliphatic carboxylic acids is 1. The van der Waals surface area contributed by atoms with E-state index in [0.717, 1.165) is 30.0 Å². The van der Waals surface area contributed by atoms with Crippen molar-refractivity contribution >= 4 is 23.2 Å². The molecule has 0 spiro atoms. The van der Waals surface area contributed by atoms with Crippen molar-refractivity contribution in [3.05, 3.63) is 113 Å². The van der Waals surface area contributed by atoms with E-state index in [-0.39, 0.29) is 0 Å². The fourth-order valence-corrected chi connectivity index (χ4v) is 3.35. The Hall–Kier alpha value is -3.39. The Morgan fingerprint density at radius 1 is 0.786 bits per heavy atom. The molecule has 0 radical (unpaired) electrons. The number of carboxylic acid groups (broad SMARTS) is 1. The van der Waals surface area contributed by atoms with Gasteiger partial charge in [0.15, 0.2) is 0 Å². The van der Waals surface area contributed by atoms with Crippen LogP contribution in [0.3, 0.4) is 0 Å². The monoisotopic (exact) mass is 368 g/mol. The van der Waals surface area contributed by atoms with Gasteiger partial charge in [0.1, 0.15) is 0 Å². The predicted molar refractivity (Wildman–Crippen MR) is 117 cm³/mol. The molecule has 0 amide bonds. The zero-order valence-electron chi connectivity index (χ0n) is 16.0. The molecule has 0 aliphatic rings. The van der Waals surface area contributed by atoms with Crippen LogP contribution in [-0.4, -0.2) is 11.1 Å². The smallest absolute Gasteiger partial charge is 0.328 e. The first-order chi connectivity index (χ1) is 13.7. The van der Waals surface area contributed by atoms with Crippen LogP contribution in [0, 0.1) is 0 Å². The molecular formula is C26H24O2. The average Bonchev–Trinajstić information content (AvgIpc) is 2.74. The summed E-state index contributed by atoms with van der Waals surface area (Å²) in [7, 11) is 0. The second-order valence-electron chi connectivity index (χ2n) is 6.63. The van der Waals surface area contributed by atoms with Crippen molar-refractivity contribution in [1.82, 2.24) is 0 Å². The van der Waals surface area contributed by atoms with E-state index in [4.69, 9.17) is 5.11 Å². The van der Waals surface area contributed by atoms with Crippen LogP contribution < -0.4 is 0 Å². The molecule has 0 atom stereocenters. The van der Waals surface area contributed by atoms with E-state index < -0.39 is 5.97 Å². The summed E-state index contributed by atoms with van der Waals surface area (Å²) >= 11 is 0. The molecule has 0 unspecified atom stereocenters. The van der Waals surface area contributed by atoms with E-state index in [1.165, 1.54) is 22.3 Å². The highest BCUT2D eigenvalue weighted by Gasteiger charge is 2.13. The third kappa shape index (κ3) is 4.86. The lowest BCUT2D eigenvalue weighted by molar-refractivity contribution is -0.131. The molecule has 0 saturated heterocycles. The Bertz CT molecular complexity index is 966. The van der Waals surface area contributed by atoms with Gasteiger partial charge in [-0.25, -0.2) is 4.79 Å². The largest absolute Gasteiger partial charge is 0.478 e. The van der Waals surface area contributed by atoms with Gasteiger partial charge in [0.25, 0.3) is 0 Å². The molecule has 3 aromatic carbocycles. The van der Waals surface area contributed by atoms with Crippen molar-refractivity contribution in [1.29, 1.82) is 0 Å². The van der Waals surface area contributed by atoms with Crippen LogP contribution in [0.5, 0.6) is 0 Å². The van der Waals surface area contributed by atoms with E-state index in [0.29, 0.717) is 0 Å². The summed E-state index contributed by atoms with van der Waals surface area (Å²) in [4.78, 5) is 10.8. The lowest BCUT2D eigenvalue weighted by atomic mass is 9.87. The maximum Gasteiger partial charge on any atom is 0.328 e. The summed E-state index contributed by atoms with van der Waals surface area (Å²) < 4.78 is 0. The fraction of sp³-hybridized carbons (Fsp3) is 0.115. The SMILES string of the molecule is CCC/C(=C(\c1ccccc1)c1ccc(/C=C/C(=O)O)cc1)c1ccccc1. The van der Waals surface area contributed by atoms with Gasteiger partial charge in [-0.05, 0) is 45.9 Å². The molecular weight excluding hydrogens is 344 g/mol. The van der Waals surface area contributed by atoms with Gasteiger partial charge in [-0.3, -0.25) is 0 Å². The molecule has 3 rings (SSSR count). The first-order valence-corrected chi connectivity index (χ1v) is 9.54. The molecule has 0 saturated carbocycles. The zero-order valence-corrected chi connectivity index (χ0v) is 16.0. The van der Waals surface area contributed by atoms with Crippen molar-refractivity contribution < 1.29 is 9.90 Å².